The summed E-state index contributed by atoms with van der Waals surface area (Å²) in [5.41, 5.74) is -0.195. The van der Waals surface area contributed by atoms with E-state index in [2.05, 4.69) is 15.3 Å². The van der Waals surface area contributed by atoms with Crippen molar-refractivity contribution in [3.8, 4) is 0 Å². The van der Waals surface area contributed by atoms with E-state index in [1.54, 1.807) is 11.9 Å². The molecule has 100 valence electrons. The summed E-state index contributed by atoms with van der Waals surface area (Å²) >= 11 is 0. The molecule has 1 aromatic heterocycles. The molecule has 1 amide bonds. The van der Waals surface area contributed by atoms with Crippen LogP contribution in [0.1, 0.15) is 32.5 Å². The fraction of sp³-hybridized carbons (Fsp3) is 0.583. The molecular weight excluding hydrogens is 232 g/mol. The lowest BCUT2D eigenvalue weighted by molar-refractivity contribution is -0.119. The molecule has 18 heavy (non-hydrogen) atoms. The van der Waals surface area contributed by atoms with Crippen LogP contribution in [0.15, 0.2) is 10.9 Å². The summed E-state index contributed by atoms with van der Waals surface area (Å²) < 4.78 is 0. The molecule has 0 spiro atoms. The Balaban J connectivity index is 3.05. The normalized spacial score (nSPS) is 10.5. The van der Waals surface area contributed by atoms with Crippen LogP contribution in [0.25, 0.3) is 0 Å². The van der Waals surface area contributed by atoms with Gasteiger partial charge in [-0.25, -0.2) is 4.98 Å². The Morgan fingerprint density at radius 1 is 1.56 bits per heavy atom. The molecule has 1 heterocycles. The van der Waals surface area contributed by atoms with Crippen LogP contribution >= 0.6 is 0 Å². The minimum atomic E-state index is -0.195. The molecule has 0 fully saturated rings. The SMILES string of the molecule is CCN(CC(=O)NC)c1cc(=O)[nH]c(C(C)C)n1. The van der Waals surface area contributed by atoms with Gasteiger partial charge in [0, 0.05) is 25.6 Å². The second kappa shape index (κ2) is 6.18. The van der Waals surface area contributed by atoms with Gasteiger partial charge in [0.25, 0.3) is 5.56 Å². The maximum Gasteiger partial charge on any atom is 0.252 e. The van der Waals surface area contributed by atoms with Gasteiger partial charge < -0.3 is 15.2 Å². The van der Waals surface area contributed by atoms with Crippen molar-refractivity contribution in [2.75, 3.05) is 25.0 Å². The molecule has 0 aliphatic heterocycles. The number of H-pyrrole nitrogens is 1. The molecule has 6 nitrogen and oxygen atoms in total. The molecule has 0 unspecified atom stereocenters. The summed E-state index contributed by atoms with van der Waals surface area (Å²) in [6, 6.07) is 1.42. The van der Waals surface area contributed by atoms with Crippen LogP contribution in [-0.2, 0) is 4.79 Å². The first-order valence-electron chi connectivity index (χ1n) is 6.04. The van der Waals surface area contributed by atoms with E-state index in [0.29, 0.717) is 18.2 Å². The van der Waals surface area contributed by atoms with Gasteiger partial charge in [0.15, 0.2) is 0 Å². The Bertz CT molecular complexity index is 467. The van der Waals surface area contributed by atoms with Gasteiger partial charge in [0.2, 0.25) is 5.91 Å². The standard InChI is InChI=1S/C12H20N4O2/c1-5-16(7-11(18)13-4)9-6-10(17)15-12(14-9)8(2)3/h6,8H,5,7H2,1-4H3,(H,13,18)(H,14,15,17). The second-order valence-electron chi connectivity index (χ2n) is 4.33. The van der Waals surface area contributed by atoms with E-state index in [9.17, 15) is 9.59 Å². The third kappa shape index (κ3) is 3.58. The maximum atomic E-state index is 11.6. The first-order chi connectivity index (χ1) is 8.47. The lowest BCUT2D eigenvalue weighted by Gasteiger charge is -2.21. The molecule has 1 aromatic rings. The number of anilines is 1. The van der Waals surface area contributed by atoms with Gasteiger partial charge >= 0.3 is 0 Å². The first-order valence-corrected chi connectivity index (χ1v) is 6.04. The molecule has 0 bridgehead atoms. The minimum Gasteiger partial charge on any atom is -0.358 e. The van der Waals surface area contributed by atoms with Crippen molar-refractivity contribution in [1.29, 1.82) is 0 Å². The first kappa shape index (κ1) is 14.2. The lowest BCUT2D eigenvalue weighted by atomic mass is 10.2. The Kier molecular flexibility index (Phi) is 4.88. The van der Waals surface area contributed by atoms with Crippen molar-refractivity contribution in [1.82, 2.24) is 15.3 Å². The number of rotatable bonds is 5. The van der Waals surface area contributed by atoms with Crippen molar-refractivity contribution in [2.45, 2.75) is 26.7 Å². The van der Waals surface area contributed by atoms with Crippen molar-refractivity contribution in [2.24, 2.45) is 0 Å². The van der Waals surface area contributed by atoms with E-state index in [1.807, 2.05) is 20.8 Å². The van der Waals surface area contributed by atoms with E-state index in [-0.39, 0.29) is 23.9 Å². The predicted octanol–water partition coefficient (Wildman–Crippen LogP) is 0.466. The van der Waals surface area contributed by atoms with Crippen LogP contribution in [-0.4, -0.2) is 36.0 Å². The average molecular weight is 252 g/mol. The molecule has 0 radical (unpaired) electrons. The van der Waals surface area contributed by atoms with Crippen molar-refractivity contribution in [3.05, 3.63) is 22.2 Å². The smallest absolute Gasteiger partial charge is 0.252 e. The van der Waals surface area contributed by atoms with Crippen LogP contribution in [0.3, 0.4) is 0 Å². The van der Waals surface area contributed by atoms with E-state index in [0.717, 1.165) is 0 Å². The molecule has 0 aromatic carbocycles. The Morgan fingerprint density at radius 3 is 2.72 bits per heavy atom. The Morgan fingerprint density at radius 2 is 2.22 bits per heavy atom. The maximum absolute atomic E-state index is 11.6. The number of hydrogen-bond donors (Lipinski definition) is 2. The van der Waals surface area contributed by atoms with Gasteiger partial charge in [-0.1, -0.05) is 13.8 Å². The van der Waals surface area contributed by atoms with Crippen LogP contribution in [0.2, 0.25) is 0 Å². The summed E-state index contributed by atoms with van der Waals surface area (Å²) in [7, 11) is 1.58. The molecule has 1 rings (SSSR count). The summed E-state index contributed by atoms with van der Waals surface area (Å²) in [4.78, 5) is 31.8. The second-order valence-corrected chi connectivity index (χ2v) is 4.33. The van der Waals surface area contributed by atoms with Crippen LogP contribution in [0, 0.1) is 0 Å². The summed E-state index contributed by atoms with van der Waals surface area (Å²) in [6.45, 7) is 6.64. The largest absolute Gasteiger partial charge is 0.358 e. The summed E-state index contributed by atoms with van der Waals surface area (Å²) in [6.07, 6.45) is 0. The lowest BCUT2D eigenvalue weighted by Crippen LogP contribution is -2.36. The summed E-state index contributed by atoms with van der Waals surface area (Å²) in [5, 5.41) is 2.56. The number of nitrogens with one attached hydrogen (secondary N) is 2. The molecule has 0 saturated carbocycles. The van der Waals surface area contributed by atoms with E-state index in [4.69, 9.17) is 0 Å². The van der Waals surface area contributed by atoms with Gasteiger partial charge in [-0.15, -0.1) is 0 Å². The highest BCUT2D eigenvalue weighted by Gasteiger charge is 2.13. The van der Waals surface area contributed by atoms with Gasteiger partial charge in [0.1, 0.15) is 11.6 Å². The van der Waals surface area contributed by atoms with Gasteiger partial charge in [-0.3, -0.25) is 9.59 Å². The average Bonchev–Trinajstić information content (AvgIpc) is 2.34. The monoisotopic (exact) mass is 252 g/mol. The molecule has 2 N–H and O–H groups in total. The summed E-state index contributed by atoms with van der Waals surface area (Å²) in [5.74, 6) is 1.20. The highest BCUT2D eigenvalue weighted by Crippen LogP contribution is 2.12. The fourth-order valence-electron chi connectivity index (χ4n) is 1.51. The van der Waals surface area contributed by atoms with Gasteiger partial charge in [-0.05, 0) is 6.92 Å². The van der Waals surface area contributed by atoms with Crippen LogP contribution in [0.5, 0.6) is 0 Å². The topological polar surface area (TPSA) is 78.1 Å². The number of carbonyl (C=O) groups excluding carboxylic acids is 1. The van der Waals surface area contributed by atoms with Crippen molar-refractivity contribution >= 4 is 11.7 Å². The zero-order chi connectivity index (χ0) is 13.7. The predicted molar refractivity (Wildman–Crippen MR) is 70.9 cm³/mol. The van der Waals surface area contributed by atoms with Gasteiger partial charge in [-0.2, -0.15) is 0 Å². The zero-order valence-electron chi connectivity index (χ0n) is 11.3. The van der Waals surface area contributed by atoms with Crippen molar-refractivity contribution < 1.29 is 4.79 Å². The van der Waals surface area contributed by atoms with E-state index in [1.165, 1.54) is 6.07 Å². The number of nitrogens with zero attached hydrogens (tertiary/aromatic N) is 2. The fourth-order valence-corrected chi connectivity index (χ4v) is 1.51. The number of aromatic nitrogens is 2. The van der Waals surface area contributed by atoms with Gasteiger partial charge in [0.05, 0.1) is 6.54 Å². The van der Waals surface area contributed by atoms with E-state index >= 15 is 0 Å². The Hall–Kier alpha value is -1.85. The zero-order valence-corrected chi connectivity index (χ0v) is 11.3. The third-order valence-corrected chi connectivity index (χ3v) is 2.61. The third-order valence-electron chi connectivity index (χ3n) is 2.61. The Labute approximate surface area is 106 Å². The number of likely N-dealkylation sites (N-methyl/N-ethyl adjacent to an activating group) is 2. The highest BCUT2D eigenvalue weighted by molar-refractivity contribution is 5.80. The molecule has 0 atom stereocenters. The number of amides is 1. The molecule has 0 aliphatic rings. The van der Waals surface area contributed by atoms with Crippen molar-refractivity contribution in [3.63, 3.8) is 0 Å². The van der Waals surface area contributed by atoms with Crippen LogP contribution in [0.4, 0.5) is 5.82 Å². The highest BCUT2D eigenvalue weighted by atomic mass is 16.2. The molecule has 0 saturated heterocycles. The molecular formula is C12H20N4O2. The molecule has 0 aliphatic carbocycles. The number of carbonyl (C=O) groups is 1. The quantitative estimate of drug-likeness (QED) is 0.798. The molecule has 6 heteroatoms. The van der Waals surface area contributed by atoms with E-state index < -0.39 is 0 Å². The minimum absolute atomic E-state index is 0.106. The number of hydrogen-bond acceptors (Lipinski definition) is 4. The number of aromatic amines is 1. The van der Waals surface area contributed by atoms with Crippen LogP contribution < -0.4 is 15.8 Å².